The van der Waals surface area contributed by atoms with Gasteiger partial charge in [0.05, 0.1) is 23.0 Å². The zero-order chi connectivity index (χ0) is 21.8. The highest BCUT2D eigenvalue weighted by atomic mass is 16.1. The summed E-state index contributed by atoms with van der Waals surface area (Å²) in [6.45, 7) is 2.00. The molecular formula is C27H26N4O. The summed E-state index contributed by atoms with van der Waals surface area (Å²) in [6, 6.07) is 24.3. The molecule has 1 aliphatic rings. The van der Waals surface area contributed by atoms with Crippen LogP contribution in [0.5, 0.6) is 0 Å². The second kappa shape index (κ2) is 9.18. The third kappa shape index (κ3) is 4.62. The minimum Gasteiger partial charge on any atom is -0.357 e. The Labute approximate surface area is 188 Å². The molecule has 4 aromatic rings. The van der Waals surface area contributed by atoms with Gasteiger partial charge in [-0.2, -0.15) is 0 Å². The molecule has 3 heterocycles. The van der Waals surface area contributed by atoms with Gasteiger partial charge in [-0.1, -0.05) is 48.5 Å². The first-order valence-electron chi connectivity index (χ1n) is 11.2. The van der Waals surface area contributed by atoms with Crippen molar-refractivity contribution in [2.75, 3.05) is 23.3 Å². The van der Waals surface area contributed by atoms with Crippen molar-refractivity contribution in [3.05, 3.63) is 96.3 Å². The van der Waals surface area contributed by atoms with Crippen LogP contribution >= 0.6 is 0 Å². The Kier molecular flexibility index (Phi) is 5.79. The Morgan fingerprint density at radius 3 is 2.47 bits per heavy atom. The molecule has 0 saturated carbocycles. The molecule has 1 amide bonds. The van der Waals surface area contributed by atoms with Crippen molar-refractivity contribution in [2.45, 2.75) is 19.3 Å². The first-order valence-corrected chi connectivity index (χ1v) is 11.2. The summed E-state index contributed by atoms with van der Waals surface area (Å²) in [5, 5.41) is 3.92. The Morgan fingerprint density at radius 2 is 1.69 bits per heavy atom. The number of pyridine rings is 2. The van der Waals surface area contributed by atoms with Gasteiger partial charge in [0.1, 0.15) is 5.82 Å². The molecule has 1 aliphatic heterocycles. The number of amides is 1. The Hall–Kier alpha value is -3.73. The van der Waals surface area contributed by atoms with Crippen LogP contribution in [0.15, 0.2) is 85.2 Å². The minimum absolute atomic E-state index is 0.178. The fraction of sp³-hybridized carbons (Fsp3) is 0.222. The van der Waals surface area contributed by atoms with Crippen LogP contribution in [0.1, 0.15) is 28.8 Å². The molecule has 5 nitrogen and oxygen atoms in total. The molecule has 0 aliphatic carbocycles. The molecule has 5 rings (SSSR count). The quantitative estimate of drug-likeness (QED) is 0.472. The molecule has 160 valence electrons. The number of benzene rings is 2. The number of nitrogens with zero attached hydrogens (tertiary/aromatic N) is 3. The van der Waals surface area contributed by atoms with E-state index in [1.807, 2.05) is 42.5 Å². The van der Waals surface area contributed by atoms with Gasteiger partial charge >= 0.3 is 0 Å². The van der Waals surface area contributed by atoms with Crippen LogP contribution in [0.3, 0.4) is 0 Å². The summed E-state index contributed by atoms with van der Waals surface area (Å²) >= 11 is 0. The van der Waals surface area contributed by atoms with Gasteiger partial charge in [-0.15, -0.1) is 0 Å². The van der Waals surface area contributed by atoms with Crippen LogP contribution in [-0.4, -0.2) is 29.0 Å². The van der Waals surface area contributed by atoms with Crippen molar-refractivity contribution in [2.24, 2.45) is 5.92 Å². The number of piperidine rings is 1. The summed E-state index contributed by atoms with van der Waals surface area (Å²) in [6.07, 6.45) is 6.81. The number of rotatable bonds is 5. The second-order valence-electron chi connectivity index (χ2n) is 8.40. The van der Waals surface area contributed by atoms with Crippen molar-refractivity contribution >= 4 is 28.3 Å². The number of aromatic nitrogens is 2. The maximum Gasteiger partial charge on any atom is 0.257 e. The zero-order valence-electron chi connectivity index (χ0n) is 17.9. The molecule has 0 bridgehead atoms. The van der Waals surface area contributed by atoms with Gasteiger partial charge in [0.2, 0.25) is 0 Å². The Bertz CT molecular complexity index is 1200. The molecule has 2 aromatic carbocycles. The van der Waals surface area contributed by atoms with Crippen LogP contribution in [-0.2, 0) is 6.42 Å². The van der Waals surface area contributed by atoms with E-state index in [2.05, 4.69) is 50.5 Å². The van der Waals surface area contributed by atoms with E-state index in [-0.39, 0.29) is 5.91 Å². The highest BCUT2D eigenvalue weighted by molar-refractivity contribution is 6.04. The molecule has 1 fully saturated rings. The fourth-order valence-corrected chi connectivity index (χ4v) is 4.36. The van der Waals surface area contributed by atoms with Crippen molar-refractivity contribution in [1.82, 2.24) is 9.97 Å². The largest absolute Gasteiger partial charge is 0.357 e. The molecule has 32 heavy (non-hydrogen) atoms. The van der Waals surface area contributed by atoms with Gasteiger partial charge in [0.15, 0.2) is 0 Å². The molecule has 1 N–H and O–H groups in total. The lowest BCUT2D eigenvalue weighted by Gasteiger charge is -2.33. The zero-order valence-corrected chi connectivity index (χ0v) is 17.9. The number of anilines is 2. The first kappa shape index (κ1) is 20.2. The number of hydrogen-bond donors (Lipinski definition) is 1. The summed E-state index contributed by atoms with van der Waals surface area (Å²) in [4.78, 5) is 23.9. The highest BCUT2D eigenvalue weighted by Gasteiger charge is 2.20. The van der Waals surface area contributed by atoms with Gasteiger partial charge < -0.3 is 10.2 Å². The van der Waals surface area contributed by atoms with Gasteiger partial charge in [-0.3, -0.25) is 9.78 Å². The molecule has 2 aromatic heterocycles. The van der Waals surface area contributed by atoms with Crippen molar-refractivity contribution in [1.29, 1.82) is 0 Å². The molecule has 0 radical (unpaired) electrons. The molecule has 0 atom stereocenters. The summed E-state index contributed by atoms with van der Waals surface area (Å²) < 4.78 is 0. The normalized spacial score (nSPS) is 14.4. The number of para-hydroxylation sites is 1. The summed E-state index contributed by atoms with van der Waals surface area (Å²) in [7, 11) is 0. The van der Waals surface area contributed by atoms with E-state index in [0.29, 0.717) is 17.2 Å². The lowest BCUT2D eigenvalue weighted by molar-refractivity contribution is 0.102. The van der Waals surface area contributed by atoms with E-state index in [1.165, 1.54) is 5.56 Å². The third-order valence-corrected chi connectivity index (χ3v) is 6.16. The predicted octanol–water partition coefficient (Wildman–Crippen LogP) is 5.34. The number of nitrogens with one attached hydrogen (secondary N) is 1. The van der Waals surface area contributed by atoms with Gasteiger partial charge in [-0.25, -0.2) is 4.98 Å². The maximum atomic E-state index is 12.7. The number of fused-ring (bicyclic) bond motifs is 1. The monoisotopic (exact) mass is 422 g/mol. The van der Waals surface area contributed by atoms with Crippen LogP contribution in [0.4, 0.5) is 11.5 Å². The minimum atomic E-state index is -0.178. The third-order valence-electron chi connectivity index (χ3n) is 6.16. The van der Waals surface area contributed by atoms with E-state index in [9.17, 15) is 4.79 Å². The highest BCUT2D eigenvalue weighted by Crippen LogP contribution is 2.25. The van der Waals surface area contributed by atoms with Gasteiger partial charge in [-0.05, 0) is 55.0 Å². The van der Waals surface area contributed by atoms with Gasteiger partial charge in [0.25, 0.3) is 5.91 Å². The van der Waals surface area contributed by atoms with Gasteiger partial charge in [0, 0.05) is 24.7 Å². The standard InChI is InChI=1S/C27H26N4O/c32-27(30-24-17-22-8-4-5-9-25(22)28-19-24)23-10-11-26(29-18-23)31-14-12-21(13-15-31)16-20-6-2-1-3-7-20/h1-11,17-19,21H,12-16H2,(H,30,32). The van der Waals surface area contributed by atoms with Crippen LogP contribution in [0.25, 0.3) is 10.9 Å². The Morgan fingerprint density at radius 1 is 0.906 bits per heavy atom. The van der Waals surface area contributed by atoms with Crippen molar-refractivity contribution in [3.63, 3.8) is 0 Å². The van der Waals surface area contributed by atoms with E-state index >= 15 is 0 Å². The first-order chi connectivity index (χ1) is 15.7. The number of hydrogen-bond acceptors (Lipinski definition) is 4. The van der Waals surface area contributed by atoms with E-state index in [4.69, 9.17) is 0 Å². The predicted molar refractivity (Wildman–Crippen MR) is 129 cm³/mol. The van der Waals surface area contributed by atoms with Crippen LogP contribution in [0, 0.1) is 5.92 Å². The van der Waals surface area contributed by atoms with Crippen LogP contribution < -0.4 is 10.2 Å². The summed E-state index contributed by atoms with van der Waals surface area (Å²) in [5.41, 5.74) is 3.55. The van der Waals surface area contributed by atoms with Crippen LogP contribution in [0.2, 0.25) is 0 Å². The smallest absolute Gasteiger partial charge is 0.257 e. The topological polar surface area (TPSA) is 58.1 Å². The number of carbonyl (C=O) groups is 1. The Balaban J connectivity index is 1.18. The lowest BCUT2D eigenvalue weighted by atomic mass is 9.90. The van der Waals surface area contributed by atoms with E-state index in [1.54, 1.807) is 12.4 Å². The SMILES string of the molecule is O=C(Nc1cnc2ccccc2c1)c1ccc(N2CCC(Cc3ccccc3)CC2)nc1. The molecule has 0 spiro atoms. The summed E-state index contributed by atoms with van der Waals surface area (Å²) in [5.74, 6) is 1.48. The average molecular weight is 423 g/mol. The van der Waals surface area contributed by atoms with E-state index in [0.717, 1.165) is 49.1 Å². The molecule has 0 unspecified atom stereocenters. The van der Waals surface area contributed by atoms with Crippen molar-refractivity contribution in [3.8, 4) is 0 Å². The fourth-order valence-electron chi connectivity index (χ4n) is 4.36. The molecular weight excluding hydrogens is 396 g/mol. The maximum absolute atomic E-state index is 12.7. The van der Waals surface area contributed by atoms with Crippen molar-refractivity contribution < 1.29 is 4.79 Å². The second-order valence-corrected chi connectivity index (χ2v) is 8.40. The average Bonchev–Trinajstić information content (AvgIpc) is 2.85. The number of carbonyl (C=O) groups excluding carboxylic acids is 1. The molecule has 5 heteroatoms. The molecule has 1 saturated heterocycles. The lowest BCUT2D eigenvalue weighted by Crippen LogP contribution is -2.34. The van der Waals surface area contributed by atoms with E-state index < -0.39 is 0 Å².